The van der Waals surface area contributed by atoms with Gasteiger partial charge in [-0.2, -0.15) is 13.2 Å². The Morgan fingerprint density at radius 1 is 1.30 bits per heavy atom. The summed E-state index contributed by atoms with van der Waals surface area (Å²) >= 11 is 0. The first-order chi connectivity index (χ1) is 12.8. The lowest BCUT2D eigenvalue weighted by molar-refractivity contribution is -0.154. The van der Waals surface area contributed by atoms with Crippen molar-refractivity contribution in [2.45, 2.75) is 25.1 Å². The van der Waals surface area contributed by atoms with Gasteiger partial charge in [0.05, 0.1) is 18.2 Å². The maximum Gasteiger partial charge on any atom is 0.422 e. The monoisotopic (exact) mass is 384 g/mol. The van der Waals surface area contributed by atoms with Crippen LogP contribution in [-0.2, 0) is 0 Å². The number of hydrogen-bond donors (Lipinski definition) is 1. The molecule has 0 radical (unpaired) electrons. The summed E-state index contributed by atoms with van der Waals surface area (Å²) in [4.78, 5) is 16.1. The van der Waals surface area contributed by atoms with E-state index in [1.54, 1.807) is 0 Å². The second-order valence-corrected chi connectivity index (χ2v) is 5.99. The van der Waals surface area contributed by atoms with Gasteiger partial charge in [-0.25, -0.2) is 9.37 Å². The predicted molar refractivity (Wildman–Crippen MR) is 87.1 cm³/mol. The molecule has 1 aromatic heterocycles. The van der Waals surface area contributed by atoms with Gasteiger partial charge < -0.3 is 14.8 Å². The molecule has 1 atom stereocenters. The minimum Gasteiger partial charge on any atom is -0.493 e. The molecule has 0 spiro atoms. The van der Waals surface area contributed by atoms with Gasteiger partial charge in [0.25, 0.3) is 5.91 Å². The van der Waals surface area contributed by atoms with Crippen LogP contribution in [-0.4, -0.2) is 30.3 Å². The van der Waals surface area contributed by atoms with Gasteiger partial charge in [0.15, 0.2) is 6.61 Å². The van der Waals surface area contributed by atoms with Crippen LogP contribution in [0.1, 0.15) is 34.8 Å². The third-order valence-corrected chi connectivity index (χ3v) is 3.93. The van der Waals surface area contributed by atoms with Crippen LogP contribution >= 0.6 is 0 Å². The van der Waals surface area contributed by atoms with Crippen LogP contribution < -0.4 is 14.8 Å². The molecule has 0 fully saturated rings. The molecule has 1 aromatic carbocycles. The van der Waals surface area contributed by atoms with Crippen LogP contribution in [0.5, 0.6) is 11.6 Å². The molecule has 3 rings (SSSR count). The topological polar surface area (TPSA) is 60.5 Å². The molecule has 2 aromatic rings. The fourth-order valence-corrected chi connectivity index (χ4v) is 2.70. The zero-order chi connectivity index (χ0) is 19.4. The molecule has 1 aliphatic heterocycles. The zero-order valence-electron chi connectivity index (χ0n) is 14.1. The fourth-order valence-electron chi connectivity index (χ4n) is 2.70. The molecule has 1 unspecified atom stereocenters. The highest BCUT2D eigenvalue weighted by Crippen LogP contribution is 2.32. The van der Waals surface area contributed by atoms with Crippen LogP contribution in [0.15, 0.2) is 36.5 Å². The van der Waals surface area contributed by atoms with Gasteiger partial charge >= 0.3 is 6.18 Å². The highest BCUT2D eigenvalue weighted by atomic mass is 19.4. The van der Waals surface area contributed by atoms with Crippen molar-refractivity contribution < 1.29 is 31.8 Å². The van der Waals surface area contributed by atoms with Gasteiger partial charge in [-0.05, 0) is 37.1 Å². The molecular weight excluding hydrogens is 368 g/mol. The molecule has 1 aliphatic rings. The molecule has 0 bridgehead atoms. The first-order valence-corrected chi connectivity index (χ1v) is 8.20. The summed E-state index contributed by atoms with van der Waals surface area (Å²) in [7, 11) is 0. The van der Waals surface area contributed by atoms with Crippen LogP contribution in [0.25, 0.3) is 0 Å². The lowest BCUT2D eigenvalue weighted by atomic mass is 10.0. The van der Waals surface area contributed by atoms with E-state index in [0.717, 1.165) is 6.20 Å². The minimum atomic E-state index is -4.47. The molecule has 0 saturated heterocycles. The highest BCUT2D eigenvalue weighted by molar-refractivity contribution is 5.94. The SMILES string of the molecule is O=C(NC1CCCOc2ccc(F)cc21)c1ccc(OCC(F)(F)F)nc1. The standard InChI is InChI=1S/C18H16F4N2O3/c19-12-4-5-15-13(8-12)14(2-1-7-26-15)24-17(25)11-3-6-16(23-9-11)27-10-18(20,21)22/h3-6,8-9,14H,1-2,7,10H2,(H,24,25). The normalized spacial score (nSPS) is 16.7. The van der Waals surface area contributed by atoms with E-state index in [4.69, 9.17) is 4.74 Å². The van der Waals surface area contributed by atoms with Crippen molar-refractivity contribution in [3.63, 3.8) is 0 Å². The van der Waals surface area contributed by atoms with Gasteiger partial charge in [0.2, 0.25) is 5.88 Å². The summed E-state index contributed by atoms with van der Waals surface area (Å²) in [6.07, 6.45) is -2.12. The number of fused-ring (bicyclic) bond motifs is 1. The lowest BCUT2D eigenvalue weighted by Crippen LogP contribution is -2.28. The summed E-state index contributed by atoms with van der Waals surface area (Å²) < 4.78 is 60.1. The van der Waals surface area contributed by atoms with Crippen molar-refractivity contribution in [3.8, 4) is 11.6 Å². The van der Waals surface area contributed by atoms with Gasteiger partial charge in [-0.1, -0.05) is 0 Å². The molecule has 0 aliphatic carbocycles. The first-order valence-electron chi connectivity index (χ1n) is 8.20. The van der Waals surface area contributed by atoms with Gasteiger partial charge in [0, 0.05) is 17.8 Å². The molecule has 0 saturated carbocycles. The van der Waals surface area contributed by atoms with E-state index in [1.165, 1.54) is 30.3 Å². The molecule has 5 nitrogen and oxygen atoms in total. The van der Waals surface area contributed by atoms with E-state index >= 15 is 0 Å². The van der Waals surface area contributed by atoms with Crippen LogP contribution in [0.2, 0.25) is 0 Å². The molecular formula is C18H16F4N2O3. The Kier molecular flexibility index (Phi) is 5.48. The molecule has 27 heavy (non-hydrogen) atoms. The molecule has 2 heterocycles. The van der Waals surface area contributed by atoms with E-state index in [-0.39, 0.29) is 11.4 Å². The van der Waals surface area contributed by atoms with Gasteiger partial charge in [0.1, 0.15) is 11.6 Å². The number of carbonyl (C=O) groups excluding carboxylic acids is 1. The van der Waals surface area contributed by atoms with Crippen molar-refractivity contribution in [2.24, 2.45) is 0 Å². The van der Waals surface area contributed by atoms with Crippen molar-refractivity contribution >= 4 is 5.91 Å². The van der Waals surface area contributed by atoms with Crippen molar-refractivity contribution in [1.82, 2.24) is 10.3 Å². The zero-order valence-corrected chi connectivity index (χ0v) is 14.1. The minimum absolute atomic E-state index is 0.150. The Morgan fingerprint density at radius 2 is 2.11 bits per heavy atom. The quantitative estimate of drug-likeness (QED) is 0.815. The molecule has 9 heteroatoms. The summed E-state index contributed by atoms with van der Waals surface area (Å²) in [5.74, 6) is -0.648. The number of ether oxygens (including phenoxy) is 2. The van der Waals surface area contributed by atoms with E-state index in [1.807, 2.05) is 0 Å². The highest BCUT2D eigenvalue weighted by Gasteiger charge is 2.28. The van der Waals surface area contributed by atoms with Crippen molar-refractivity contribution in [1.29, 1.82) is 0 Å². The first kappa shape index (κ1) is 18.9. The number of nitrogens with one attached hydrogen (secondary N) is 1. The maximum absolute atomic E-state index is 13.6. The average Bonchev–Trinajstić information content (AvgIpc) is 2.82. The van der Waals surface area contributed by atoms with Crippen molar-refractivity contribution in [3.05, 3.63) is 53.5 Å². The lowest BCUT2D eigenvalue weighted by Gasteiger charge is -2.18. The Hall–Kier alpha value is -2.84. The number of hydrogen-bond acceptors (Lipinski definition) is 4. The molecule has 1 N–H and O–H groups in total. The summed E-state index contributed by atoms with van der Waals surface area (Å²) in [5, 5.41) is 2.79. The predicted octanol–water partition coefficient (Wildman–Crippen LogP) is 3.81. The Bertz CT molecular complexity index is 809. The fraction of sp³-hybridized carbons (Fsp3) is 0.333. The summed E-state index contributed by atoms with van der Waals surface area (Å²) in [5.41, 5.74) is 0.691. The van der Waals surface area contributed by atoms with Crippen LogP contribution in [0.4, 0.5) is 17.6 Å². The van der Waals surface area contributed by atoms with Gasteiger partial charge in [-0.15, -0.1) is 0 Å². The van der Waals surface area contributed by atoms with E-state index in [0.29, 0.717) is 30.8 Å². The largest absolute Gasteiger partial charge is 0.493 e. The average molecular weight is 384 g/mol. The Balaban J connectivity index is 1.69. The Labute approximate surface area is 152 Å². The second kappa shape index (κ2) is 7.81. The number of halogens is 4. The number of aromatic nitrogens is 1. The summed E-state index contributed by atoms with van der Waals surface area (Å²) in [6, 6.07) is 6.17. The summed E-state index contributed by atoms with van der Waals surface area (Å²) in [6.45, 7) is -1.01. The smallest absolute Gasteiger partial charge is 0.422 e. The Morgan fingerprint density at radius 3 is 2.81 bits per heavy atom. The third kappa shape index (κ3) is 5.08. The second-order valence-electron chi connectivity index (χ2n) is 5.99. The van der Waals surface area contributed by atoms with E-state index < -0.39 is 30.5 Å². The number of alkyl halides is 3. The van der Waals surface area contributed by atoms with Crippen LogP contribution in [0.3, 0.4) is 0 Å². The van der Waals surface area contributed by atoms with E-state index in [2.05, 4.69) is 15.0 Å². The molecule has 1 amide bonds. The number of nitrogens with zero attached hydrogens (tertiary/aromatic N) is 1. The van der Waals surface area contributed by atoms with Crippen molar-refractivity contribution in [2.75, 3.05) is 13.2 Å². The maximum atomic E-state index is 13.6. The van der Waals surface area contributed by atoms with Crippen LogP contribution in [0, 0.1) is 5.82 Å². The number of amides is 1. The third-order valence-electron chi connectivity index (χ3n) is 3.93. The van der Waals surface area contributed by atoms with Gasteiger partial charge in [-0.3, -0.25) is 4.79 Å². The molecule has 144 valence electrons. The number of pyridine rings is 1. The van der Waals surface area contributed by atoms with E-state index in [9.17, 15) is 22.4 Å². The number of benzene rings is 1. The number of carbonyl (C=O) groups is 1. The number of rotatable bonds is 4.